The molecule has 9 heteroatoms. The molecular weight excluding hydrogens is 294 g/mol. The molecule has 0 bridgehead atoms. The molecule has 0 saturated carbocycles. The second-order valence-electron chi connectivity index (χ2n) is 4.10. The number of nitrogens with zero attached hydrogens (tertiary/aromatic N) is 1. The first kappa shape index (κ1) is 16.4. The molecule has 1 fully saturated rings. The van der Waals surface area contributed by atoms with Gasteiger partial charge in [0.1, 0.15) is 5.44 Å². The van der Waals surface area contributed by atoms with E-state index >= 15 is 0 Å². The SMILES string of the molecule is FC1(COC(F)(F)F)CN(CCOC(S)CS)C1. The Morgan fingerprint density at radius 2 is 1.94 bits per heavy atom. The van der Waals surface area contributed by atoms with Crippen LogP contribution in [-0.4, -0.2) is 61.0 Å². The van der Waals surface area contributed by atoms with Crippen molar-refractivity contribution < 1.29 is 27.0 Å². The highest BCUT2D eigenvalue weighted by atomic mass is 32.1. The maximum absolute atomic E-state index is 13.6. The third kappa shape index (κ3) is 5.96. The molecule has 0 spiro atoms. The zero-order valence-corrected chi connectivity index (χ0v) is 11.3. The van der Waals surface area contributed by atoms with E-state index in [-0.39, 0.29) is 18.5 Å². The Balaban J connectivity index is 2.11. The Kier molecular flexibility index (Phi) is 6.04. The Morgan fingerprint density at radius 3 is 2.44 bits per heavy atom. The maximum atomic E-state index is 13.6. The van der Waals surface area contributed by atoms with Crippen LogP contribution < -0.4 is 0 Å². The van der Waals surface area contributed by atoms with Crippen molar-refractivity contribution in [3.8, 4) is 0 Å². The van der Waals surface area contributed by atoms with Crippen LogP contribution in [0.25, 0.3) is 0 Å². The van der Waals surface area contributed by atoms with Crippen molar-refractivity contribution >= 4 is 25.3 Å². The first-order valence-electron chi connectivity index (χ1n) is 5.27. The Hall–Kier alpha value is 0.300. The molecule has 1 rings (SSSR count). The predicted molar refractivity (Wildman–Crippen MR) is 64.9 cm³/mol. The van der Waals surface area contributed by atoms with Gasteiger partial charge in [-0.15, -0.1) is 25.8 Å². The Bertz CT molecular complexity index is 261. The molecule has 1 saturated heterocycles. The average Bonchev–Trinajstić information content (AvgIpc) is 2.22. The quantitative estimate of drug-likeness (QED) is 0.425. The summed E-state index contributed by atoms with van der Waals surface area (Å²) in [6, 6.07) is 0. The minimum absolute atomic E-state index is 0.0788. The molecule has 1 atom stereocenters. The molecule has 0 aromatic rings. The van der Waals surface area contributed by atoms with Crippen LogP contribution in [0.2, 0.25) is 0 Å². The minimum atomic E-state index is -4.78. The monoisotopic (exact) mass is 309 g/mol. The molecule has 1 aliphatic rings. The van der Waals surface area contributed by atoms with E-state index in [0.29, 0.717) is 18.9 Å². The second kappa shape index (κ2) is 6.65. The van der Waals surface area contributed by atoms with Crippen LogP contribution in [0.1, 0.15) is 0 Å². The number of thiol groups is 2. The third-order valence-electron chi connectivity index (χ3n) is 2.38. The van der Waals surface area contributed by atoms with Crippen LogP contribution in [-0.2, 0) is 9.47 Å². The molecule has 1 unspecified atom stereocenters. The summed E-state index contributed by atoms with van der Waals surface area (Å²) in [5.74, 6) is 0.454. The molecule has 0 N–H and O–H groups in total. The van der Waals surface area contributed by atoms with Gasteiger partial charge < -0.3 is 4.74 Å². The molecule has 3 nitrogen and oxygen atoms in total. The van der Waals surface area contributed by atoms with E-state index in [1.54, 1.807) is 4.90 Å². The van der Waals surface area contributed by atoms with Crippen molar-refractivity contribution in [2.24, 2.45) is 0 Å². The summed E-state index contributed by atoms with van der Waals surface area (Å²) in [7, 11) is 0. The first-order chi connectivity index (χ1) is 8.24. The van der Waals surface area contributed by atoms with Crippen LogP contribution in [0.5, 0.6) is 0 Å². The van der Waals surface area contributed by atoms with Crippen LogP contribution >= 0.6 is 25.3 Å². The van der Waals surface area contributed by atoms with Gasteiger partial charge in [-0.05, 0) is 0 Å². The van der Waals surface area contributed by atoms with Gasteiger partial charge in [0.05, 0.1) is 13.2 Å². The minimum Gasteiger partial charge on any atom is -0.366 e. The number of alkyl halides is 4. The largest absolute Gasteiger partial charge is 0.522 e. The summed E-state index contributed by atoms with van der Waals surface area (Å²) in [5.41, 5.74) is -2.21. The molecule has 0 radical (unpaired) electrons. The number of ether oxygens (including phenoxy) is 2. The molecule has 0 aromatic heterocycles. The standard InChI is InChI=1S/C9H15F4NO2S2/c10-8(6-16-9(11,12)13)4-14(5-8)1-2-15-7(18)3-17/h7,17-18H,1-6H2. The summed E-state index contributed by atoms with van der Waals surface area (Å²) in [4.78, 5) is 1.65. The predicted octanol–water partition coefficient (Wildman–Crippen LogP) is 1.75. The van der Waals surface area contributed by atoms with Crippen molar-refractivity contribution in [1.82, 2.24) is 4.90 Å². The van der Waals surface area contributed by atoms with E-state index in [4.69, 9.17) is 4.74 Å². The Morgan fingerprint density at radius 1 is 1.33 bits per heavy atom. The van der Waals surface area contributed by atoms with Crippen molar-refractivity contribution in [2.45, 2.75) is 17.5 Å². The highest BCUT2D eigenvalue weighted by molar-refractivity contribution is 7.84. The summed E-state index contributed by atoms with van der Waals surface area (Å²) in [6.07, 6.45) is -4.78. The fraction of sp³-hybridized carbons (Fsp3) is 1.00. The topological polar surface area (TPSA) is 21.7 Å². The van der Waals surface area contributed by atoms with Crippen LogP contribution in [0, 0.1) is 0 Å². The maximum Gasteiger partial charge on any atom is 0.522 e. The molecule has 1 heterocycles. The third-order valence-corrected chi connectivity index (χ3v) is 3.33. The number of hydrogen-bond donors (Lipinski definition) is 2. The van der Waals surface area contributed by atoms with Gasteiger partial charge in [-0.3, -0.25) is 9.64 Å². The summed E-state index contributed by atoms with van der Waals surface area (Å²) in [6.45, 7) is -0.331. The second-order valence-corrected chi connectivity index (χ2v) is 5.05. The van der Waals surface area contributed by atoms with E-state index in [2.05, 4.69) is 30.0 Å². The Labute approximate surface area is 114 Å². The lowest BCUT2D eigenvalue weighted by atomic mass is 9.98. The van der Waals surface area contributed by atoms with Crippen LogP contribution in [0.4, 0.5) is 17.6 Å². The number of halogens is 4. The fourth-order valence-electron chi connectivity index (χ4n) is 1.59. The average molecular weight is 309 g/mol. The summed E-state index contributed by atoms with van der Waals surface area (Å²) in [5, 5.41) is 0. The van der Waals surface area contributed by atoms with Gasteiger partial charge in [0.15, 0.2) is 5.67 Å². The molecule has 108 valence electrons. The van der Waals surface area contributed by atoms with E-state index < -0.39 is 18.6 Å². The summed E-state index contributed by atoms with van der Waals surface area (Å²) < 4.78 is 57.5. The van der Waals surface area contributed by atoms with Gasteiger partial charge in [0.2, 0.25) is 0 Å². The molecule has 1 aliphatic heterocycles. The van der Waals surface area contributed by atoms with E-state index in [9.17, 15) is 17.6 Å². The van der Waals surface area contributed by atoms with Crippen molar-refractivity contribution in [2.75, 3.05) is 38.6 Å². The van der Waals surface area contributed by atoms with Gasteiger partial charge in [0, 0.05) is 25.4 Å². The number of likely N-dealkylation sites (tertiary alicyclic amines) is 1. The fourth-order valence-corrected chi connectivity index (χ4v) is 1.80. The van der Waals surface area contributed by atoms with Crippen LogP contribution in [0.3, 0.4) is 0 Å². The molecular formula is C9H15F4NO2S2. The molecule has 0 amide bonds. The van der Waals surface area contributed by atoms with Crippen molar-refractivity contribution in [3.63, 3.8) is 0 Å². The highest BCUT2D eigenvalue weighted by Crippen LogP contribution is 2.28. The lowest BCUT2D eigenvalue weighted by Gasteiger charge is -2.44. The zero-order valence-electron chi connectivity index (χ0n) is 9.49. The van der Waals surface area contributed by atoms with Crippen molar-refractivity contribution in [1.29, 1.82) is 0 Å². The van der Waals surface area contributed by atoms with Crippen molar-refractivity contribution in [3.05, 3.63) is 0 Å². The van der Waals surface area contributed by atoms with Gasteiger partial charge in [-0.1, -0.05) is 0 Å². The normalized spacial score (nSPS) is 21.7. The first-order valence-corrected chi connectivity index (χ1v) is 6.41. The highest BCUT2D eigenvalue weighted by Gasteiger charge is 2.46. The van der Waals surface area contributed by atoms with Crippen LogP contribution in [0.15, 0.2) is 0 Å². The molecule has 0 aromatic carbocycles. The number of rotatable bonds is 7. The van der Waals surface area contributed by atoms with Gasteiger partial charge in [0.25, 0.3) is 0 Å². The van der Waals surface area contributed by atoms with E-state index in [0.717, 1.165) is 0 Å². The lowest BCUT2D eigenvalue weighted by Crippen LogP contribution is -2.62. The zero-order chi connectivity index (χ0) is 13.8. The molecule has 0 aliphatic carbocycles. The molecule has 18 heavy (non-hydrogen) atoms. The van der Waals surface area contributed by atoms with Gasteiger partial charge >= 0.3 is 6.36 Å². The van der Waals surface area contributed by atoms with E-state index in [1.165, 1.54) is 0 Å². The van der Waals surface area contributed by atoms with Gasteiger partial charge in [-0.25, -0.2) is 4.39 Å². The number of hydrogen-bond acceptors (Lipinski definition) is 5. The van der Waals surface area contributed by atoms with Gasteiger partial charge in [-0.2, -0.15) is 12.6 Å². The lowest BCUT2D eigenvalue weighted by molar-refractivity contribution is -0.338. The smallest absolute Gasteiger partial charge is 0.366 e. The van der Waals surface area contributed by atoms with E-state index in [1.807, 2.05) is 0 Å². The summed E-state index contributed by atoms with van der Waals surface area (Å²) >= 11 is 8.00.